The van der Waals surface area contributed by atoms with Crippen molar-refractivity contribution in [1.29, 1.82) is 0 Å². The Balaban J connectivity index is 1.76. The molecule has 0 radical (unpaired) electrons. The van der Waals surface area contributed by atoms with Crippen molar-refractivity contribution in [1.82, 2.24) is 15.0 Å². The van der Waals surface area contributed by atoms with E-state index in [4.69, 9.17) is 16.1 Å². The molecule has 2 atom stereocenters. The molecule has 1 aliphatic heterocycles. The SMILES string of the molecule is CCc1noc([C@H](C)N(C)[C@@H]2CCN(c3ccccc3Cl)C2=O)n1. The van der Waals surface area contributed by atoms with Crippen molar-refractivity contribution in [2.75, 3.05) is 18.5 Å². The number of halogens is 1. The van der Waals surface area contributed by atoms with Crippen molar-refractivity contribution in [2.45, 2.75) is 38.8 Å². The van der Waals surface area contributed by atoms with E-state index in [-0.39, 0.29) is 18.0 Å². The molecule has 0 bridgehead atoms. The van der Waals surface area contributed by atoms with Gasteiger partial charge in [0.15, 0.2) is 5.82 Å². The maximum Gasteiger partial charge on any atom is 0.244 e. The number of carbonyl (C=O) groups excluding carboxylic acids is 1. The number of benzene rings is 1. The van der Waals surface area contributed by atoms with E-state index in [0.29, 0.717) is 23.3 Å². The van der Waals surface area contributed by atoms with Gasteiger partial charge in [-0.15, -0.1) is 0 Å². The summed E-state index contributed by atoms with van der Waals surface area (Å²) in [5.41, 5.74) is 0.763. The molecule has 6 nitrogen and oxygen atoms in total. The van der Waals surface area contributed by atoms with Crippen LogP contribution in [0, 0.1) is 0 Å². The first kappa shape index (κ1) is 16.9. The molecule has 0 unspecified atom stereocenters. The molecule has 1 aromatic heterocycles. The van der Waals surface area contributed by atoms with E-state index >= 15 is 0 Å². The lowest BCUT2D eigenvalue weighted by atomic mass is 10.1. The highest BCUT2D eigenvalue weighted by molar-refractivity contribution is 6.33. The highest BCUT2D eigenvalue weighted by Crippen LogP contribution is 2.32. The van der Waals surface area contributed by atoms with Crippen LogP contribution in [-0.4, -0.2) is 40.6 Å². The Morgan fingerprint density at radius 2 is 2.21 bits per heavy atom. The third-order valence-corrected chi connectivity index (χ3v) is 4.90. The first-order valence-corrected chi connectivity index (χ1v) is 8.51. The monoisotopic (exact) mass is 348 g/mol. The predicted octanol–water partition coefficient (Wildman–Crippen LogP) is 3.08. The third kappa shape index (κ3) is 3.03. The van der Waals surface area contributed by atoms with Crippen LogP contribution in [0.2, 0.25) is 5.02 Å². The number of rotatable bonds is 5. The largest absolute Gasteiger partial charge is 0.338 e. The Kier molecular flexibility index (Phi) is 4.87. The first-order valence-electron chi connectivity index (χ1n) is 8.13. The summed E-state index contributed by atoms with van der Waals surface area (Å²) in [6.07, 6.45) is 1.46. The van der Waals surface area contributed by atoms with Gasteiger partial charge in [-0.25, -0.2) is 0 Å². The molecule has 2 aromatic rings. The van der Waals surface area contributed by atoms with Gasteiger partial charge in [0.1, 0.15) is 0 Å². The molecule has 128 valence electrons. The van der Waals surface area contributed by atoms with Gasteiger partial charge in [-0.3, -0.25) is 9.69 Å². The topological polar surface area (TPSA) is 62.5 Å². The van der Waals surface area contributed by atoms with Crippen LogP contribution in [-0.2, 0) is 11.2 Å². The standard InChI is InChI=1S/C17H21ClN4O2/c1-4-15-19-16(24-20-15)11(2)21(3)14-9-10-22(17(14)23)13-8-6-5-7-12(13)18/h5-8,11,14H,4,9-10H2,1-3H3/t11-,14+/m0/s1. The summed E-state index contributed by atoms with van der Waals surface area (Å²) < 4.78 is 5.32. The second kappa shape index (κ2) is 6.91. The van der Waals surface area contributed by atoms with E-state index in [1.165, 1.54) is 0 Å². The molecule has 7 heteroatoms. The molecular formula is C17H21ClN4O2. The summed E-state index contributed by atoms with van der Waals surface area (Å²) in [5.74, 6) is 1.27. The summed E-state index contributed by atoms with van der Waals surface area (Å²) in [4.78, 5) is 21.0. The van der Waals surface area contributed by atoms with E-state index < -0.39 is 0 Å². The van der Waals surface area contributed by atoms with Crippen molar-refractivity contribution < 1.29 is 9.32 Å². The molecular weight excluding hydrogens is 328 g/mol. The highest BCUT2D eigenvalue weighted by Gasteiger charge is 2.38. The molecule has 3 rings (SSSR count). The van der Waals surface area contributed by atoms with Gasteiger partial charge < -0.3 is 9.42 Å². The number of para-hydroxylation sites is 1. The predicted molar refractivity (Wildman–Crippen MR) is 92.1 cm³/mol. The summed E-state index contributed by atoms with van der Waals surface area (Å²) in [5, 5.41) is 4.52. The Bertz CT molecular complexity index is 733. The number of aromatic nitrogens is 2. The number of likely N-dealkylation sites (N-methyl/N-ethyl adjacent to an activating group) is 1. The number of nitrogens with zero attached hydrogens (tertiary/aromatic N) is 4. The number of anilines is 1. The van der Waals surface area contributed by atoms with Crippen molar-refractivity contribution >= 4 is 23.2 Å². The van der Waals surface area contributed by atoms with Crippen LogP contribution in [0.15, 0.2) is 28.8 Å². The second-order valence-corrected chi connectivity index (χ2v) is 6.40. The minimum absolute atomic E-state index is 0.0488. The van der Waals surface area contributed by atoms with Crippen LogP contribution >= 0.6 is 11.6 Å². The number of aryl methyl sites for hydroxylation is 1. The minimum atomic E-state index is -0.228. The van der Waals surface area contributed by atoms with E-state index in [9.17, 15) is 4.79 Å². The Morgan fingerprint density at radius 1 is 1.46 bits per heavy atom. The third-order valence-electron chi connectivity index (χ3n) is 4.58. The minimum Gasteiger partial charge on any atom is -0.338 e. The lowest BCUT2D eigenvalue weighted by Crippen LogP contribution is -2.41. The van der Waals surface area contributed by atoms with Gasteiger partial charge in [0.2, 0.25) is 11.8 Å². The molecule has 1 amide bonds. The summed E-state index contributed by atoms with van der Waals surface area (Å²) >= 11 is 6.23. The van der Waals surface area contributed by atoms with E-state index in [2.05, 4.69) is 10.1 Å². The van der Waals surface area contributed by atoms with E-state index in [1.54, 1.807) is 11.0 Å². The fourth-order valence-corrected chi connectivity index (χ4v) is 3.22. The van der Waals surface area contributed by atoms with Crippen LogP contribution < -0.4 is 4.90 Å². The van der Waals surface area contributed by atoms with E-state index in [1.807, 2.05) is 44.0 Å². The van der Waals surface area contributed by atoms with Crippen molar-refractivity contribution in [2.24, 2.45) is 0 Å². The number of carbonyl (C=O) groups is 1. The van der Waals surface area contributed by atoms with Gasteiger partial charge in [-0.2, -0.15) is 4.98 Å². The molecule has 0 spiro atoms. The fraction of sp³-hybridized carbons (Fsp3) is 0.471. The molecule has 2 heterocycles. The molecule has 1 aromatic carbocycles. The maximum atomic E-state index is 12.9. The van der Waals surface area contributed by atoms with Gasteiger partial charge in [-0.1, -0.05) is 35.8 Å². The van der Waals surface area contributed by atoms with E-state index in [0.717, 1.165) is 18.5 Å². The number of hydrogen-bond acceptors (Lipinski definition) is 5. The molecule has 0 N–H and O–H groups in total. The normalized spacial score (nSPS) is 19.3. The van der Waals surface area contributed by atoms with Crippen LogP contribution in [0.25, 0.3) is 0 Å². The first-order chi connectivity index (χ1) is 11.5. The Morgan fingerprint density at radius 3 is 2.88 bits per heavy atom. The number of amides is 1. The smallest absolute Gasteiger partial charge is 0.244 e. The van der Waals surface area contributed by atoms with Gasteiger partial charge in [0.05, 0.1) is 22.8 Å². The zero-order chi connectivity index (χ0) is 17.3. The maximum absolute atomic E-state index is 12.9. The Labute approximate surface area is 146 Å². The van der Waals surface area contributed by atoms with Crippen LogP contribution in [0.3, 0.4) is 0 Å². The molecule has 0 aliphatic carbocycles. The summed E-state index contributed by atoms with van der Waals surface area (Å²) in [6, 6.07) is 7.07. The Hall–Kier alpha value is -1.92. The summed E-state index contributed by atoms with van der Waals surface area (Å²) in [7, 11) is 1.92. The van der Waals surface area contributed by atoms with Gasteiger partial charge in [0.25, 0.3) is 0 Å². The zero-order valence-electron chi connectivity index (χ0n) is 14.1. The molecule has 1 aliphatic rings. The average molecular weight is 349 g/mol. The average Bonchev–Trinajstić information content (AvgIpc) is 3.21. The molecule has 1 saturated heterocycles. The van der Waals surface area contributed by atoms with Crippen molar-refractivity contribution in [3.63, 3.8) is 0 Å². The van der Waals surface area contributed by atoms with Gasteiger partial charge >= 0.3 is 0 Å². The van der Waals surface area contributed by atoms with Gasteiger partial charge in [0, 0.05) is 13.0 Å². The summed E-state index contributed by atoms with van der Waals surface area (Å²) in [6.45, 7) is 4.59. The number of hydrogen-bond donors (Lipinski definition) is 0. The van der Waals surface area contributed by atoms with Crippen molar-refractivity contribution in [3.8, 4) is 0 Å². The van der Waals surface area contributed by atoms with Crippen LogP contribution in [0.5, 0.6) is 0 Å². The molecule has 1 fully saturated rings. The molecule has 24 heavy (non-hydrogen) atoms. The zero-order valence-corrected chi connectivity index (χ0v) is 14.8. The van der Waals surface area contributed by atoms with Gasteiger partial charge in [-0.05, 0) is 32.5 Å². The fourth-order valence-electron chi connectivity index (χ4n) is 2.98. The van der Waals surface area contributed by atoms with Crippen LogP contribution in [0.4, 0.5) is 5.69 Å². The van der Waals surface area contributed by atoms with Crippen LogP contribution in [0.1, 0.15) is 38.0 Å². The highest BCUT2D eigenvalue weighted by atomic mass is 35.5. The molecule has 0 saturated carbocycles. The second-order valence-electron chi connectivity index (χ2n) is 5.99. The van der Waals surface area contributed by atoms with Crippen molar-refractivity contribution in [3.05, 3.63) is 41.0 Å². The lowest BCUT2D eigenvalue weighted by Gasteiger charge is -2.27. The quantitative estimate of drug-likeness (QED) is 0.830. The lowest BCUT2D eigenvalue weighted by molar-refractivity contribution is -0.122.